The Hall–Kier alpha value is -2.56. The summed E-state index contributed by atoms with van der Waals surface area (Å²) in [6.45, 7) is 3.80. The number of phenolic OH excluding ortho intramolecular Hbond substituents is 1. The molecule has 0 aliphatic carbocycles. The lowest BCUT2D eigenvalue weighted by Gasteiger charge is -2.08. The van der Waals surface area contributed by atoms with Crippen LogP contribution in [0.1, 0.15) is 25.3 Å². The fourth-order valence-electron chi connectivity index (χ4n) is 2.12. The van der Waals surface area contributed by atoms with E-state index in [1.54, 1.807) is 38.1 Å². The van der Waals surface area contributed by atoms with Gasteiger partial charge in [0.15, 0.2) is 0 Å². The van der Waals surface area contributed by atoms with Crippen molar-refractivity contribution in [3.63, 3.8) is 0 Å². The molecule has 2 aromatic rings. The van der Waals surface area contributed by atoms with Crippen LogP contribution in [0.4, 0.5) is 0 Å². The maximum atomic E-state index is 11.7. The molecule has 0 spiro atoms. The number of carbonyl (C=O) groups excluding carboxylic acids is 2. The summed E-state index contributed by atoms with van der Waals surface area (Å²) in [7, 11) is 0. The van der Waals surface area contributed by atoms with Crippen LogP contribution in [0.3, 0.4) is 0 Å². The normalized spacial score (nSPS) is 10.5. The number of aryl methyl sites for hydroxylation is 1. The van der Waals surface area contributed by atoms with Gasteiger partial charge in [0, 0.05) is 0 Å². The van der Waals surface area contributed by atoms with Gasteiger partial charge in [0.05, 0.1) is 19.4 Å². The molecule has 0 radical (unpaired) electrons. The number of benzene rings is 2. The van der Waals surface area contributed by atoms with Crippen LogP contribution in [-0.2, 0) is 14.3 Å². The molecule has 116 valence electrons. The van der Waals surface area contributed by atoms with Crippen LogP contribution >= 0.6 is 0 Å². The molecule has 2 rings (SSSR count). The summed E-state index contributed by atoms with van der Waals surface area (Å²) in [5.41, 5.74) is 0.724. The summed E-state index contributed by atoms with van der Waals surface area (Å²) < 4.78 is 9.97. The van der Waals surface area contributed by atoms with Crippen LogP contribution in [0.15, 0.2) is 30.3 Å². The maximum Gasteiger partial charge on any atom is 0.311 e. The van der Waals surface area contributed by atoms with Crippen molar-refractivity contribution < 1.29 is 24.2 Å². The Morgan fingerprint density at radius 3 is 2.50 bits per heavy atom. The number of aromatic hydroxyl groups is 1. The lowest BCUT2D eigenvalue weighted by Crippen LogP contribution is -2.12. The van der Waals surface area contributed by atoms with Crippen molar-refractivity contribution >= 4 is 22.7 Å². The van der Waals surface area contributed by atoms with E-state index in [9.17, 15) is 14.7 Å². The first-order valence-corrected chi connectivity index (χ1v) is 7.10. The number of carbonyl (C=O) groups is 2. The number of hydrogen-bond donors (Lipinski definition) is 1. The van der Waals surface area contributed by atoms with E-state index in [1.165, 1.54) is 0 Å². The smallest absolute Gasteiger partial charge is 0.311 e. The monoisotopic (exact) mass is 302 g/mol. The molecule has 0 aliphatic heterocycles. The Morgan fingerprint density at radius 1 is 1.09 bits per heavy atom. The average Bonchev–Trinajstić information content (AvgIpc) is 2.50. The van der Waals surface area contributed by atoms with E-state index in [1.807, 2.05) is 6.07 Å². The summed E-state index contributed by atoms with van der Waals surface area (Å²) in [6.07, 6.45) is -0.0318. The molecule has 0 aromatic heterocycles. The Morgan fingerprint density at radius 2 is 1.77 bits per heavy atom. The second kappa shape index (κ2) is 6.93. The largest absolute Gasteiger partial charge is 0.508 e. The molecule has 0 aliphatic rings. The summed E-state index contributed by atoms with van der Waals surface area (Å²) in [4.78, 5) is 22.9. The molecule has 0 saturated carbocycles. The fourth-order valence-corrected chi connectivity index (χ4v) is 2.12. The summed E-state index contributed by atoms with van der Waals surface area (Å²) in [5, 5.41) is 11.5. The Labute approximate surface area is 128 Å². The average molecular weight is 302 g/mol. The van der Waals surface area contributed by atoms with E-state index in [2.05, 4.69) is 0 Å². The molecule has 22 heavy (non-hydrogen) atoms. The van der Waals surface area contributed by atoms with Gasteiger partial charge in [0.2, 0.25) is 0 Å². The zero-order chi connectivity index (χ0) is 16.1. The fraction of sp³-hybridized carbons (Fsp3) is 0.294. The van der Waals surface area contributed by atoms with E-state index < -0.39 is 11.9 Å². The minimum absolute atomic E-state index is 0.0000700. The molecule has 0 fully saturated rings. The molecule has 5 heteroatoms. The van der Waals surface area contributed by atoms with Gasteiger partial charge >= 0.3 is 11.9 Å². The molecule has 0 amide bonds. The molecule has 5 nitrogen and oxygen atoms in total. The van der Waals surface area contributed by atoms with Gasteiger partial charge in [-0.1, -0.05) is 12.1 Å². The van der Waals surface area contributed by atoms with Gasteiger partial charge in [0.25, 0.3) is 0 Å². The minimum Gasteiger partial charge on any atom is -0.508 e. The van der Waals surface area contributed by atoms with Gasteiger partial charge in [-0.15, -0.1) is 0 Å². The predicted molar refractivity (Wildman–Crippen MR) is 81.9 cm³/mol. The highest BCUT2D eigenvalue weighted by Crippen LogP contribution is 2.29. The molecule has 0 heterocycles. The minimum atomic E-state index is -0.495. The van der Waals surface area contributed by atoms with Gasteiger partial charge < -0.3 is 14.6 Å². The SMILES string of the molecule is CCOC(=O)CCC(=O)Oc1ccc2ccc(O)c(C)c2c1. The molecular weight excluding hydrogens is 284 g/mol. The number of phenols is 1. The predicted octanol–water partition coefficient (Wildman–Crippen LogP) is 3.10. The van der Waals surface area contributed by atoms with E-state index in [4.69, 9.17) is 9.47 Å². The first kappa shape index (κ1) is 15.8. The molecule has 0 bridgehead atoms. The summed E-state index contributed by atoms with van der Waals surface area (Å²) in [5.74, 6) is -0.336. The third kappa shape index (κ3) is 3.75. The van der Waals surface area contributed by atoms with Crippen LogP contribution in [-0.4, -0.2) is 23.7 Å². The zero-order valence-corrected chi connectivity index (χ0v) is 12.6. The quantitative estimate of drug-likeness (QED) is 0.678. The van der Waals surface area contributed by atoms with Gasteiger partial charge in [0.1, 0.15) is 11.5 Å². The number of fused-ring (bicyclic) bond motifs is 1. The first-order valence-electron chi connectivity index (χ1n) is 7.10. The zero-order valence-electron chi connectivity index (χ0n) is 12.6. The molecule has 2 aromatic carbocycles. The maximum absolute atomic E-state index is 11.7. The molecule has 1 N–H and O–H groups in total. The topological polar surface area (TPSA) is 72.8 Å². The van der Waals surface area contributed by atoms with Gasteiger partial charge in [-0.25, -0.2) is 0 Å². The first-order chi connectivity index (χ1) is 10.5. The number of hydrogen-bond acceptors (Lipinski definition) is 5. The van der Waals surface area contributed by atoms with Crippen molar-refractivity contribution in [3.8, 4) is 11.5 Å². The third-order valence-corrected chi connectivity index (χ3v) is 3.30. The van der Waals surface area contributed by atoms with Crippen molar-refractivity contribution in [2.75, 3.05) is 6.61 Å². The van der Waals surface area contributed by atoms with E-state index >= 15 is 0 Å². The van der Waals surface area contributed by atoms with E-state index in [0.29, 0.717) is 12.4 Å². The lowest BCUT2D eigenvalue weighted by atomic mass is 10.0. The van der Waals surface area contributed by atoms with Crippen LogP contribution in [0.2, 0.25) is 0 Å². The second-order valence-electron chi connectivity index (χ2n) is 4.87. The molecule has 0 atom stereocenters. The standard InChI is InChI=1S/C17H18O5/c1-3-21-16(19)8-9-17(20)22-13-6-4-12-5-7-15(18)11(2)14(12)10-13/h4-7,10,18H,3,8-9H2,1-2H3. The van der Waals surface area contributed by atoms with Crippen molar-refractivity contribution in [3.05, 3.63) is 35.9 Å². The van der Waals surface area contributed by atoms with Crippen LogP contribution < -0.4 is 4.74 Å². The summed E-state index contributed by atoms with van der Waals surface area (Å²) in [6, 6.07) is 8.62. The summed E-state index contributed by atoms with van der Waals surface area (Å²) >= 11 is 0. The van der Waals surface area contributed by atoms with Gasteiger partial charge in [-0.05, 0) is 48.4 Å². The number of esters is 2. The van der Waals surface area contributed by atoms with Crippen LogP contribution in [0.25, 0.3) is 10.8 Å². The second-order valence-corrected chi connectivity index (χ2v) is 4.87. The molecule has 0 saturated heterocycles. The van der Waals surface area contributed by atoms with Crippen molar-refractivity contribution in [2.24, 2.45) is 0 Å². The third-order valence-electron chi connectivity index (χ3n) is 3.30. The van der Waals surface area contributed by atoms with Crippen LogP contribution in [0, 0.1) is 6.92 Å². The number of rotatable bonds is 5. The molecular formula is C17H18O5. The van der Waals surface area contributed by atoms with E-state index in [0.717, 1.165) is 16.3 Å². The van der Waals surface area contributed by atoms with Crippen molar-refractivity contribution in [1.29, 1.82) is 0 Å². The number of ether oxygens (including phenoxy) is 2. The Bertz CT molecular complexity index is 706. The van der Waals surface area contributed by atoms with E-state index in [-0.39, 0.29) is 18.6 Å². The lowest BCUT2D eigenvalue weighted by molar-refractivity contribution is -0.146. The highest BCUT2D eigenvalue weighted by molar-refractivity contribution is 5.89. The van der Waals surface area contributed by atoms with Gasteiger partial charge in [-0.3, -0.25) is 9.59 Å². The molecule has 0 unspecified atom stereocenters. The van der Waals surface area contributed by atoms with Crippen LogP contribution in [0.5, 0.6) is 11.5 Å². The highest BCUT2D eigenvalue weighted by atomic mass is 16.5. The Balaban J connectivity index is 2.07. The van der Waals surface area contributed by atoms with Gasteiger partial charge in [-0.2, -0.15) is 0 Å². The van der Waals surface area contributed by atoms with Crippen molar-refractivity contribution in [1.82, 2.24) is 0 Å². The Kier molecular flexibility index (Phi) is 4.99. The van der Waals surface area contributed by atoms with Crippen molar-refractivity contribution in [2.45, 2.75) is 26.7 Å². The highest BCUT2D eigenvalue weighted by Gasteiger charge is 2.11.